The van der Waals surface area contributed by atoms with Crippen LogP contribution in [0.2, 0.25) is 0 Å². The number of Topliss-reactive ketones (excluding diaryl/α,β-unsaturated/α-hetero) is 1. The number of nitrogens with zero attached hydrogens (tertiary/aromatic N) is 1. The van der Waals surface area contributed by atoms with Crippen molar-refractivity contribution < 1.29 is 23.9 Å². The molecule has 3 aliphatic heterocycles. The first-order valence-corrected chi connectivity index (χ1v) is 8.07. The van der Waals surface area contributed by atoms with Crippen molar-refractivity contribution in [3.63, 3.8) is 0 Å². The van der Waals surface area contributed by atoms with Crippen molar-refractivity contribution in [3.8, 4) is 0 Å². The molecule has 3 rings (SSSR count). The number of hydrogen-bond acceptors (Lipinski definition) is 6. The van der Waals surface area contributed by atoms with Crippen LogP contribution >= 0.6 is 0 Å². The van der Waals surface area contributed by atoms with Crippen LogP contribution in [-0.2, 0) is 23.9 Å². The van der Waals surface area contributed by atoms with Gasteiger partial charge in [0.1, 0.15) is 11.8 Å². The van der Waals surface area contributed by atoms with Crippen LogP contribution in [0.4, 0.5) is 0 Å². The van der Waals surface area contributed by atoms with E-state index in [2.05, 4.69) is 4.90 Å². The Bertz CT molecular complexity index is 451. The molecular formula is C16H23NO5. The highest BCUT2D eigenvalue weighted by molar-refractivity contribution is 6.10. The van der Waals surface area contributed by atoms with Crippen molar-refractivity contribution in [1.29, 1.82) is 0 Å². The molecule has 122 valence electrons. The molecule has 0 amide bonds. The zero-order valence-corrected chi connectivity index (χ0v) is 13.1. The number of carbonyl (C=O) groups excluding carboxylic acids is 3. The molecule has 0 aromatic carbocycles. The molecule has 3 saturated heterocycles. The van der Waals surface area contributed by atoms with Gasteiger partial charge in [-0.3, -0.25) is 19.3 Å². The van der Waals surface area contributed by atoms with Gasteiger partial charge in [0, 0.05) is 18.1 Å². The summed E-state index contributed by atoms with van der Waals surface area (Å²) in [6.07, 6.45) is 5.80. The molecule has 0 spiro atoms. The lowest BCUT2D eigenvalue weighted by Crippen LogP contribution is -2.68. The van der Waals surface area contributed by atoms with Gasteiger partial charge in [-0.15, -0.1) is 0 Å². The van der Waals surface area contributed by atoms with Crippen molar-refractivity contribution in [2.45, 2.75) is 56.7 Å². The van der Waals surface area contributed by atoms with Gasteiger partial charge in [0.05, 0.1) is 14.2 Å². The van der Waals surface area contributed by atoms with Crippen LogP contribution in [0, 0.1) is 11.8 Å². The maximum absolute atomic E-state index is 12.9. The van der Waals surface area contributed by atoms with Crippen molar-refractivity contribution >= 4 is 17.7 Å². The normalized spacial score (nSPS) is 38.1. The fourth-order valence-corrected chi connectivity index (χ4v) is 4.70. The minimum Gasteiger partial charge on any atom is -0.468 e. The first kappa shape index (κ1) is 15.5. The van der Waals surface area contributed by atoms with E-state index in [0.29, 0.717) is 6.04 Å². The fourth-order valence-electron chi connectivity index (χ4n) is 4.70. The summed E-state index contributed by atoms with van der Waals surface area (Å²) >= 11 is 0. The number of hydrogen-bond donors (Lipinski definition) is 0. The number of carbonyl (C=O) groups is 3. The number of rotatable bonds is 2. The second kappa shape index (κ2) is 5.99. The number of esters is 2. The summed E-state index contributed by atoms with van der Waals surface area (Å²) in [6.45, 7) is 0. The van der Waals surface area contributed by atoms with Crippen LogP contribution in [0.3, 0.4) is 0 Å². The topological polar surface area (TPSA) is 72.9 Å². The van der Waals surface area contributed by atoms with Gasteiger partial charge in [0.2, 0.25) is 0 Å². The quantitative estimate of drug-likeness (QED) is 0.558. The summed E-state index contributed by atoms with van der Waals surface area (Å²) in [6, 6.07) is 0.125. The highest BCUT2D eigenvalue weighted by Gasteiger charge is 2.57. The molecule has 0 aromatic heterocycles. The smallest absolute Gasteiger partial charge is 0.317 e. The summed E-state index contributed by atoms with van der Waals surface area (Å²) in [5, 5.41) is 0. The predicted octanol–water partition coefficient (Wildman–Crippen LogP) is 0.923. The first-order valence-electron chi connectivity index (χ1n) is 8.07. The SMILES string of the molecule is COC(=O)[C@@H]1C(=O)[C@H](C(=O)OC)C2CCCC3CCCC1N32. The van der Waals surface area contributed by atoms with E-state index in [1.165, 1.54) is 14.2 Å². The molecule has 0 radical (unpaired) electrons. The van der Waals surface area contributed by atoms with E-state index in [9.17, 15) is 14.4 Å². The third kappa shape index (κ3) is 2.24. The second-order valence-corrected chi connectivity index (χ2v) is 6.50. The number of ketones is 1. The van der Waals surface area contributed by atoms with E-state index in [1.54, 1.807) is 0 Å². The van der Waals surface area contributed by atoms with Crippen LogP contribution in [0.5, 0.6) is 0 Å². The molecule has 6 heteroatoms. The summed E-state index contributed by atoms with van der Waals surface area (Å²) in [5.41, 5.74) is 0. The van der Waals surface area contributed by atoms with E-state index < -0.39 is 23.8 Å². The van der Waals surface area contributed by atoms with E-state index in [0.717, 1.165) is 38.5 Å². The minimum atomic E-state index is -0.855. The molecule has 3 fully saturated rings. The molecule has 6 nitrogen and oxygen atoms in total. The Balaban J connectivity index is 2.01. The highest BCUT2D eigenvalue weighted by Crippen LogP contribution is 2.44. The van der Waals surface area contributed by atoms with Gasteiger partial charge < -0.3 is 9.47 Å². The maximum atomic E-state index is 12.9. The lowest BCUT2D eigenvalue weighted by atomic mass is 9.69. The van der Waals surface area contributed by atoms with Gasteiger partial charge in [0.25, 0.3) is 0 Å². The monoisotopic (exact) mass is 309 g/mol. The summed E-state index contributed by atoms with van der Waals surface area (Å²) in [5.74, 6) is -3.06. The molecule has 22 heavy (non-hydrogen) atoms. The fraction of sp³-hybridized carbons (Fsp3) is 0.812. The number of piperidine rings is 3. The lowest BCUT2D eigenvalue weighted by molar-refractivity contribution is -0.174. The average molecular weight is 309 g/mol. The molecule has 0 bridgehead atoms. The zero-order chi connectivity index (χ0) is 15.9. The molecule has 3 aliphatic rings. The maximum Gasteiger partial charge on any atom is 0.317 e. The van der Waals surface area contributed by atoms with E-state index in [-0.39, 0.29) is 17.9 Å². The van der Waals surface area contributed by atoms with Crippen LogP contribution < -0.4 is 0 Å². The molecule has 5 atom stereocenters. The molecular weight excluding hydrogens is 286 g/mol. The van der Waals surface area contributed by atoms with Crippen LogP contribution in [0.1, 0.15) is 38.5 Å². The van der Waals surface area contributed by atoms with Gasteiger partial charge in [-0.05, 0) is 25.7 Å². The Morgan fingerprint density at radius 2 is 1.36 bits per heavy atom. The molecule has 0 N–H and O–H groups in total. The molecule has 3 unspecified atom stereocenters. The molecule has 0 aromatic rings. The third-order valence-electron chi connectivity index (χ3n) is 5.55. The summed E-state index contributed by atoms with van der Waals surface area (Å²) in [4.78, 5) is 39.5. The van der Waals surface area contributed by atoms with Gasteiger partial charge in [-0.1, -0.05) is 12.8 Å². The van der Waals surface area contributed by atoms with Gasteiger partial charge in [0.15, 0.2) is 5.78 Å². The molecule has 3 heterocycles. The van der Waals surface area contributed by atoms with Crippen LogP contribution in [0.25, 0.3) is 0 Å². The molecule has 0 aliphatic carbocycles. The standard InChI is InChI=1S/C16H23NO5/c1-21-15(19)12-10-7-3-5-9-6-4-8-11(17(9)10)13(14(12)18)16(20)22-2/h9-13H,3-8H2,1-2H3/t9?,10?,11?,12-,13+. The Morgan fingerprint density at radius 3 is 1.77 bits per heavy atom. The molecule has 0 saturated carbocycles. The van der Waals surface area contributed by atoms with E-state index in [4.69, 9.17) is 9.47 Å². The predicted molar refractivity (Wildman–Crippen MR) is 76.9 cm³/mol. The Morgan fingerprint density at radius 1 is 0.909 bits per heavy atom. The lowest BCUT2D eigenvalue weighted by Gasteiger charge is -2.55. The second-order valence-electron chi connectivity index (χ2n) is 6.50. The van der Waals surface area contributed by atoms with Crippen LogP contribution in [-0.4, -0.2) is 55.0 Å². The van der Waals surface area contributed by atoms with Gasteiger partial charge in [-0.2, -0.15) is 0 Å². The largest absolute Gasteiger partial charge is 0.468 e. The first-order chi connectivity index (χ1) is 10.6. The van der Waals surface area contributed by atoms with Crippen molar-refractivity contribution in [3.05, 3.63) is 0 Å². The summed E-state index contributed by atoms with van der Waals surface area (Å²) < 4.78 is 9.71. The number of ether oxygens (including phenoxy) is 2. The van der Waals surface area contributed by atoms with Crippen molar-refractivity contribution in [2.24, 2.45) is 11.8 Å². The Kier molecular flexibility index (Phi) is 4.21. The Hall–Kier alpha value is -1.43. The third-order valence-corrected chi connectivity index (χ3v) is 5.55. The van der Waals surface area contributed by atoms with E-state index >= 15 is 0 Å². The average Bonchev–Trinajstić information content (AvgIpc) is 2.54. The minimum absolute atomic E-state index is 0.120. The Labute approximate surface area is 130 Å². The van der Waals surface area contributed by atoms with Crippen LogP contribution in [0.15, 0.2) is 0 Å². The van der Waals surface area contributed by atoms with Crippen molar-refractivity contribution in [2.75, 3.05) is 14.2 Å². The number of methoxy groups -OCH3 is 2. The zero-order valence-electron chi connectivity index (χ0n) is 13.1. The van der Waals surface area contributed by atoms with Crippen molar-refractivity contribution in [1.82, 2.24) is 4.90 Å². The van der Waals surface area contributed by atoms with E-state index in [1.807, 2.05) is 0 Å². The van der Waals surface area contributed by atoms with Gasteiger partial charge >= 0.3 is 11.9 Å². The van der Waals surface area contributed by atoms with Gasteiger partial charge in [-0.25, -0.2) is 0 Å². The highest BCUT2D eigenvalue weighted by atomic mass is 16.5. The summed E-state index contributed by atoms with van der Waals surface area (Å²) in [7, 11) is 2.59.